The van der Waals surface area contributed by atoms with E-state index in [0.29, 0.717) is 50.6 Å². The number of hydrogen-bond donors (Lipinski definition) is 1. The minimum absolute atomic E-state index is 0.0977. The summed E-state index contributed by atoms with van der Waals surface area (Å²) in [5.41, 5.74) is 1.56. The molecule has 0 aliphatic carbocycles. The van der Waals surface area contributed by atoms with Crippen LogP contribution in [0.25, 0.3) is 0 Å². The third-order valence-corrected chi connectivity index (χ3v) is 5.85. The predicted octanol–water partition coefficient (Wildman–Crippen LogP) is 5.74. The molecule has 1 aromatic heterocycles. The Labute approximate surface area is 205 Å². The van der Waals surface area contributed by atoms with Crippen LogP contribution in [0.5, 0.6) is 5.75 Å². The van der Waals surface area contributed by atoms with Gasteiger partial charge in [0.2, 0.25) is 0 Å². The topological polar surface area (TPSA) is 67.9 Å². The SMILES string of the molecule is CC(C)COC(=O)NCCCN(Cc1cccs1)C(=O)c1ccccc1OCc1ccccc1. The molecule has 3 rings (SSSR count). The summed E-state index contributed by atoms with van der Waals surface area (Å²) in [4.78, 5) is 28.3. The van der Waals surface area contributed by atoms with E-state index in [9.17, 15) is 9.59 Å². The number of para-hydroxylation sites is 1. The molecule has 0 atom stereocenters. The molecule has 0 bridgehead atoms. The molecule has 34 heavy (non-hydrogen) atoms. The highest BCUT2D eigenvalue weighted by molar-refractivity contribution is 7.09. The van der Waals surface area contributed by atoms with Gasteiger partial charge in [-0.3, -0.25) is 4.79 Å². The maximum Gasteiger partial charge on any atom is 0.407 e. The lowest BCUT2D eigenvalue weighted by Crippen LogP contribution is -2.34. The Bertz CT molecular complexity index is 1020. The van der Waals surface area contributed by atoms with Crippen LogP contribution < -0.4 is 10.1 Å². The third kappa shape index (κ3) is 8.23. The third-order valence-electron chi connectivity index (χ3n) is 4.99. The van der Waals surface area contributed by atoms with Crippen LogP contribution in [0.2, 0.25) is 0 Å². The van der Waals surface area contributed by atoms with Crippen LogP contribution in [-0.4, -0.2) is 36.6 Å². The number of nitrogens with one attached hydrogen (secondary N) is 1. The van der Waals surface area contributed by atoms with Crippen molar-refractivity contribution in [1.82, 2.24) is 10.2 Å². The molecule has 0 spiro atoms. The Morgan fingerprint density at radius 3 is 2.50 bits per heavy atom. The molecular formula is C27H32N2O4S. The molecule has 1 N–H and O–H groups in total. The van der Waals surface area contributed by atoms with Crippen molar-refractivity contribution >= 4 is 23.3 Å². The van der Waals surface area contributed by atoms with Gasteiger partial charge >= 0.3 is 6.09 Å². The molecule has 7 heteroatoms. The monoisotopic (exact) mass is 480 g/mol. The van der Waals surface area contributed by atoms with Crippen molar-refractivity contribution < 1.29 is 19.1 Å². The zero-order valence-electron chi connectivity index (χ0n) is 19.7. The van der Waals surface area contributed by atoms with Crippen LogP contribution in [-0.2, 0) is 17.9 Å². The minimum Gasteiger partial charge on any atom is -0.488 e. The van der Waals surface area contributed by atoms with Crippen molar-refractivity contribution in [3.05, 3.63) is 88.1 Å². The van der Waals surface area contributed by atoms with E-state index in [1.165, 1.54) is 0 Å². The first-order valence-corrected chi connectivity index (χ1v) is 12.4. The van der Waals surface area contributed by atoms with Crippen molar-refractivity contribution in [2.45, 2.75) is 33.4 Å². The molecule has 6 nitrogen and oxygen atoms in total. The van der Waals surface area contributed by atoms with Gasteiger partial charge in [-0.2, -0.15) is 0 Å². The summed E-state index contributed by atoms with van der Waals surface area (Å²) in [6, 6.07) is 21.2. The first-order chi connectivity index (χ1) is 16.5. The normalized spacial score (nSPS) is 10.7. The zero-order valence-corrected chi connectivity index (χ0v) is 20.6. The second-order valence-electron chi connectivity index (χ2n) is 8.35. The summed E-state index contributed by atoms with van der Waals surface area (Å²) >= 11 is 1.61. The Morgan fingerprint density at radius 2 is 1.76 bits per heavy atom. The van der Waals surface area contributed by atoms with Gasteiger partial charge in [-0.25, -0.2) is 4.79 Å². The number of carbonyl (C=O) groups excluding carboxylic acids is 2. The maximum atomic E-state index is 13.5. The molecule has 2 aromatic carbocycles. The van der Waals surface area contributed by atoms with Crippen molar-refractivity contribution in [2.75, 3.05) is 19.7 Å². The Morgan fingerprint density at radius 1 is 1.00 bits per heavy atom. The molecule has 3 aromatic rings. The van der Waals surface area contributed by atoms with E-state index in [1.54, 1.807) is 22.3 Å². The van der Waals surface area contributed by atoms with Gasteiger partial charge < -0.3 is 19.7 Å². The fourth-order valence-electron chi connectivity index (χ4n) is 3.27. The molecule has 180 valence electrons. The summed E-state index contributed by atoms with van der Waals surface area (Å²) in [5.74, 6) is 0.746. The number of thiophene rings is 1. The number of nitrogens with zero attached hydrogens (tertiary/aromatic N) is 1. The number of ether oxygens (including phenoxy) is 2. The van der Waals surface area contributed by atoms with E-state index in [0.717, 1.165) is 10.4 Å². The average molecular weight is 481 g/mol. The van der Waals surface area contributed by atoms with Crippen molar-refractivity contribution in [2.24, 2.45) is 5.92 Å². The molecule has 0 saturated carbocycles. The van der Waals surface area contributed by atoms with Gasteiger partial charge in [0.05, 0.1) is 18.7 Å². The lowest BCUT2D eigenvalue weighted by molar-refractivity contribution is 0.0737. The van der Waals surface area contributed by atoms with Crippen molar-refractivity contribution in [1.29, 1.82) is 0 Å². The summed E-state index contributed by atoms with van der Waals surface area (Å²) < 4.78 is 11.2. The van der Waals surface area contributed by atoms with Crippen LogP contribution in [0.1, 0.15) is 41.1 Å². The van der Waals surface area contributed by atoms with Crippen molar-refractivity contribution in [3.8, 4) is 5.75 Å². The summed E-state index contributed by atoms with van der Waals surface area (Å²) in [6.45, 7) is 6.17. The molecule has 0 saturated heterocycles. The quantitative estimate of drug-likeness (QED) is 0.336. The van der Waals surface area contributed by atoms with Crippen molar-refractivity contribution in [3.63, 3.8) is 0 Å². The number of amides is 2. The fourth-order valence-corrected chi connectivity index (χ4v) is 3.99. The van der Waals surface area contributed by atoms with E-state index in [2.05, 4.69) is 5.32 Å². The predicted molar refractivity (Wildman–Crippen MR) is 135 cm³/mol. The van der Waals surface area contributed by atoms with E-state index in [1.807, 2.05) is 79.9 Å². The number of rotatable bonds is 12. The highest BCUT2D eigenvalue weighted by atomic mass is 32.1. The first-order valence-electron chi connectivity index (χ1n) is 11.5. The number of alkyl carbamates (subject to hydrolysis) is 1. The Kier molecular flexibility index (Phi) is 9.98. The van der Waals surface area contributed by atoms with Crippen LogP contribution in [0, 0.1) is 5.92 Å². The standard InChI is InChI=1S/C27H32N2O4S/c1-21(2)19-33-27(31)28-15-9-16-29(18-23-12-8-17-34-23)26(30)24-13-6-7-14-25(24)32-20-22-10-4-3-5-11-22/h3-8,10-14,17,21H,9,15-16,18-20H2,1-2H3,(H,28,31). The zero-order chi connectivity index (χ0) is 24.2. The first kappa shape index (κ1) is 25.3. The lowest BCUT2D eigenvalue weighted by Gasteiger charge is -2.23. The Balaban J connectivity index is 1.64. The number of benzene rings is 2. The van der Waals surface area contributed by atoms with Crippen LogP contribution in [0.4, 0.5) is 4.79 Å². The lowest BCUT2D eigenvalue weighted by atomic mass is 10.1. The minimum atomic E-state index is -0.426. The van der Waals surface area contributed by atoms with Gasteiger partial charge in [-0.05, 0) is 41.5 Å². The van der Waals surface area contributed by atoms with Gasteiger partial charge in [-0.1, -0.05) is 62.4 Å². The Hall–Kier alpha value is -3.32. The van der Waals surface area contributed by atoms with Gasteiger partial charge in [-0.15, -0.1) is 11.3 Å². The van der Waals surface area contributed by atoms with E-state index in [4.69, 9.17) is 9.47 Å². The average Bonchev–Trinajstić information content (AvgIpc) is 3.37. The molecule has 0 unspecified atom stereocenters. The number of carbonyl (C=O) groups is 2. The van der Waals surface area contributed by atoms with E-state index >= 15 is 0 Å². The van der Waals surface area contributed by atoms with Crippen LogP contribution >= 0.6 is 11.3 Å². The van der Waals surface area contributed by atoms with Gasteiger partial charge in [0.25, 0.3) is 5.91 Å². The molecule has 0 aliphatic heterocycles. The molecule has 2 amide bonds. The van der Waals surface area contributed by atoms with Crippen LogP contribution in [0.3, 0.4) is 0 Å². The molecule has 0 radical (unpaired) electrons. The fraction of sp³-hybridized carbons (Fsp3) is 0.333. The maximum absolute atomic E-state index is 13.5. The van der Waals surface area contributed by atoms with Gasteiger partial charge in [0.15, 0.2) is 0 Å². The summed E-state index contributed by atoms with van der Waals surface area (Å²) in [7, 11) is 0. The highest BCUT2D eigenvalue weighted by Gasteiger charge is 2.20. The van der Waals surface area contributed by atoms with E-state index < -0.39 is 6.09 Å². The largest absolute Gasteiger partial charge is 0.488 e. The number of hydrogen-bond acceptors (Lipinski definition) is 5. The second-order valence-corrected chi connectivity index (χ2v) is 9.38. The van der Waals surface area contributed by atoms with Gasteiger partial charge in [0.1, 0.15) is 12.4 Å². The molecule has 1 heterocycles. The molecule has 0 aliphatic rings. The second kappa shape index (κ2) is 13.4. The highest BCUT2D eigenvalue weighted by Crippen LogP contribution is 2.23. The van der Waals surface area contributed by atoms with Gasteiger partial charge in [0, 0.05) is 18.0 Å². The smallest absolute Gasteiger partial charge is 0.407 e. The molecular weight excluding hydrogens is 448 g/mol. The molecule has 0 fully saturated rings. The van der Waals surface area contributed by atoms with Crippen LogP contribution in [0.15, 0.2) is 72.1 Å². The summed E-state index contributed by atoms with van der Waals surface area (Å²) in [6.07, 6.45) is 0.186. The summed E-state index contributed by atoms with van der Waals surface area (Å²) in [5, 5.41) is 4.76. The van der Waals surface area contributed by atoms with E-state index in [-0.39, 0.29) is 11.8 Å².